The van der Waals surface area contributed by atoms with E-state index in [0.717, 1.165) is 56.4 Å². The van der Waals surface area contributed by atoms with Gasteiger partial charge in [0, 0.05) is 37.0 Å². The average molecular weight is 802 g/mol. The third-order valence-corrected chi connectivity index (χ3v) is 13.6. The number of carbonyl (C=O) groups is 3. The van der Waals surface area contributed by atoms with E-state index in [0.29, 0.717) is 56.2 Å². The van der Waals surface area contributed by atoms with Crippen LogP contribution >= 0.6 is 0 Å². The van der Waals surface area contributed by atoms with Crippen molar-refractivity contribution in [3.63, 3.8) is 0 Å². The number of piperidine rings is 1. The Kier molecular flexibility index (Phi) is 11.9. The molecule has 8 heteroatoms. The van der Waals surface area contributed by atoms with Crippen LogP contribution in [0.15, 0.2) is 121 Å². The van der Waals surface area contributed by atoms with Crippen molar-refractivity contribution in [2.24, 2.45) is 0 Å². The van der Waals surface area contributed by atoms with Gasteiger partial charge in [0.25, 0.3) is 5.91 Å². The van der Waals surface area contributed by atoms with E-state index in [9.17, 15) is 14.4 Å². The van der Waals surface area contributed by atoms with Crippen LogP contribution in [-0.4, -0.2) is 59.8 Å². The summed E-state index contributed by atoms with van der Waals surface area (Å²) in [6.07, 6.45) is 7.22. The van der Waals surface area contributed by atoms with Gasteiger partial charge in [-0.3, -0.25) is 19.7 Å². The van der Waals surface area contributed by atoms with Gasteiger partial charge < -0.3 is 19.3 Å². The van der Waals surface area contributed by atoms with Crippen LogP contribution in [0.25, 0.3) is 0 Å². The topological polar surface area (TPSA) is 88.2 Å². The lowest BCUT2D eigenvalue weighted by Crippen LogP contribution is -2.52. The molecule has 1 saturated carbocycles. The lowest BCUT2D eigenvalue weighted by atomic mass is 9.69. The minimum Gasteiger partial charge on any atom is -0.489 e. The maximum Gasteiger partial charge on any atom is 0.255 e. The number of rotatable bonds is 13. The summed E-state index contributed by atoms with van der Waals surface area (Å²) < 4.78 is 12.5. The maximum absolute atomic E-state index is 13.2. The van der Waals surface area contributed by atoms with Gasteiger partial charge >= 0.3 is 0 Å². The molecule has 9 rings (SSSR count). The number of aryl methyl sites for hydroxylation is 1. The highest BCUT2D eigenvalue weighted by atomic mass is 16.5. The molecule has 2 aliphatic carbocycles. The Morgan fingerprint density at radius 3 is 2.18 bits per heavy atom. The predicted octanol–water partition coefficient (Wildman–Crippen LogP) is 9.06. The number of carbonyl (C=O) groups excluding carboxylic acids is 3. The lowest BCUT2D eigenvalue weighted by Gasteiger charge is -2.35. The van der Waals surface area contributed by atoms with Crippen molar-refractivity contribution in [2.45, 2.75) is 101 Å². The van der Waals surface area contributed by atoms with Crippen molar-refractivity contribution >= 4 is 17.7 Å². The van der Waals surface area contributed by atoms with E-state index in [1.807, 2.05) is 12.1 Å². The van der Waals surface area contributed by atoms with Crippen LogP contribution in [0.4, 0.5) is 0 Å². The van der Waals surface area contributed by atoms with Crippen LogP contribution in [0, 0.1) is 0 Å². The zero-order valence-electron chi connectivity index (χ0n) is 34.6. The van der Waals surface area contributed by atoms with E-state index in [1.54, 1.807) is 4.90 Å². The smallest absolute Gasteiger partial charge is 0.255 e. The standard InChI is InChI=1S/C52H55N3O5/c1-54(43-20-16-37(17-21-43)40-18-24-47-42(30-40)32-55(52(47)58)48-26-27-49(56)53-51(48)57)28-29-59-33-36-12-14-39(15-13-36)50-45(38-10-6-3-7-11-38)23-19-41-31-44(22-25-46(41)50)60-34-35-8-4-2-5-9-35/h2-15,18,22,24-25,30-31,37,43,45,48,50H,16-17,19-21,23,26-29,32-34H2,1H3,(H,53,56,57)/t37?,43?,45-,48+,50+/m1/s1. The number of imide groups is 1. The molecule has 5 aromatic carbocycles. The van der Waals surface area contributed by atoms with E-state index >= 15 is 0 Å². The monoisotopic (exact) mass is 801 g/mol. The highest BCUT2D eigenvalue weighted by Gasteiger charge is 2.39. The summed E-state index contributed by atoms with van der Waals surface area (Å²) in [5.74, 6) is 1.31. The molecule has 0 radical (unpaired) electrons. The summed E-state index contributed by atoms with van der Waals surface area (Å²) in [6, 6.07) is 43.3. The normalized spacial score (nSPS) is 22.7. The van der Waals surface area contributed by atoms with Crippen molar-refractivity contribution in [3.8, 4) is 5.75 Å². The Morgan fingerprint density at radius 2 is 1.42 bits per heavy atom. The van der Waals surface area contributed by atoms with Crippen molar-refractivity contribution in [3.05, 3.63) is 171 Å². The van der Waals surface area contributed by atoms with E-state index in [2.05, 4.69) is 126 Å². The number of nitrogens with one attached hydrogen (secondary N) is 1. The van der Waals surface area contributed by atoms with E-state index in [1.165, 1.54) is 38.9 Å². The third-order valence-electron chi connectivity index (χ3n) is 13.6. The molecule has 0 unspecified atom stereocenters. The minimum absolute atomic E-state index is 0.113. The Balaban J connectivity index is 0.764. The molecular weight excluding hydrogens is 747 g/mol. The van der Waals surface area contributed by atoms with Crippen LogP contribution in [0.1, 0.15) is 118 Å². The first-order chi connectivity index (χ1) is 29.4. The van der Waals surface area contributed by atoms with E-state index < -0.39 is 6.04 Å². The first-order valence-electron chi connectivity index (χ1n) is 21.9. The lowest BCUT2D eigenvalue weighted by molar-refractivity contribution is -0.136. The number of benzene rings is 5. The third kappa shape index (κ3) is 8.68. The molecule has 1 saturated heterocycles. The van der Waals surface area contributed by atoms with Crippen molar-refractivity contribution < 1.29 is 23.9 Å². The fraction of sp³-hybridized carbons (Fsp3) is 0.365. The van der Waals surface area contributed by atoms with Gasteiger partial charge in [-0.2, -0.15) is 0 Å². The van der Waals surface area contributed by atoms with Crippen LogP contribution < -0.4 is 10.1 Å². The number of hydrogen-bond donors (Lipinski definition) is 1. The molecule has 308 valence electrons. The Labute approximate surface area is 353 Å². The van der Waals surface area contributed by atoms with Crippen LogP contribution in [0.5, 0.6) is 5.75 Å². The zero-order valence-corrected chi connectivity index (χ0v) is 34.6. The van der Waals surface area contributed by atoms with Gasteiger partial charge in [-0.25, -0.2) is 0 Å². The van der Waals surface area contributed by atoms with Crippen molar-refractivity contribution in [1.29, 1.82) is 0 Å². The number of hydrogen-bond acceptors (Lipinski definition) is 6. The van der Waals surface area contributed by atoms with Gasteiger partial charge in [0.2, 0.25) is 11.8 Å². The zero-order chi connectivity index (χ0) is 41.0. The second-order valence-electron chi connectivity index (χ2n) is 17.3. The molecule has 2 aliphatic heterocycles. The predicted molar refractivity (Wildman–Crippen MR) is 233 cm³/mol. The second-order valence-corrected chi connectivity index (χ2v) is 17.3. The first kappa shape index (κ1) is 39.9. The van der Waals surface area contributed by atoms with Crippen molar-refractivity contribution in [1.82, 2.24) is 15.1 Å². The highest BCUT2D eigenvalue weighted by Crippen LogP contribution is 2.47. The molecular formula is C52H55N3O5. The summed E-state index contributed by atoms with van der Waals surface area (Å²) >= 11 is 0. The molecule has 0 spiro atoms. The van der Waals surface area contributed by atoms with Gasteiger partial charge in [-0.05, 0) is 127 Å². The number of fused-ring (bicyclic) bond motifs is 2. The Bertz CT molecular complexity index is 2300. The Morgan fingerprint density at radius 1 is 0.683 bits per heavy atom. The summed E-state index contributed by atoms with van der Waals surface area (Å²) in [5.41, 5.74) is 10.8. The molecule has 2 heterocycles. The van der Waals surface area contributed by atoms with Crippen LogP contribution in [0.2, 0.25) is 0 Å². The SMILES string of the molecule is CN(CCOCc1ccc([C@@H]2c3ccc(OCc4ccccc4)cc3CC[C@@H]2c2ccccc2)cc1)C1CCC(c2ccc3c(c2)CN([C@H]2CCC(=O)NC2=O)C3=O)CC1. The average Bonchev–Trinajstić information content (AvgIpc) is 3.62. The largest absolute Gasteiger partial charge is 0.489 e. The molecule has 5 aromatic rings. The summed E-state index contributed by atoms with van der Waals surface area (Å²) in [4.78, 5) is 41.4. The number of nitrogens with zero attached hydrogens (tertiary/aromatic N) is 2. The van der Waals surface area contributed by atoms with Gasteiger partial charge in [0.1, 0.15) is 18.4 Å². The quantitative estimate of drug-likeness (QED) is 0.0945. The molecule has 4 aliphatic rings. The molecule has 1 N–H and O–H groups in total. The molecule has 0 bridgehead atoms. The summed E-state index contributed by atoms with van der Waals surface area (Å²) in [5, 5.41) is 2.39. The first-order valence-corrected chi connectivity index (χ1v) is 21.9. The Hall–Kier alpha value is -5.57. The maximum atomic E-state index is 13.2. The van der Waals surface area contributed by atoms with Gasteiger partial charge in [-0.1, -0.05) is 103 Å². The highest BCUT2D eigenvalue weighted by molar-refractivity contribution is 6.05. The fourth-order valence-corrected chi connectivity index (χ4v) is 10.2. The number of ether oxygens (including phenoxy) is 2. The van der Waals surface area contributed by atoms with E-state index in [-0.39, 0.29) is 30.1 Å². The van der Waals surface area contributed by atoms with Gasteiger partial charge in [-0.15, -0.1) is 0 Å². The van der Waals surface area contributed by atoms with E-state index in [4.69, 9.17) is 9.47 Å². The molecule has 60 heavy (non-hydrogen) atoms. The van der Waals surface area contributed by atoms with Crippen molar-refractivity contribution in [2.75, 3.05) is 20.2 Å². The summed E-state index contributed by atoms with van der Waals surface area (Å²) in [7, 11) is 2.22. The molecule has 8 nitrogen and oxygen atoms in total. The molecule has 2 fully saturated rings. The second kappa shape index (κ2) is 18.0. The fourth-order valence-electron chi connectivity index (χ4n) is 10.2. The van der Waals surface area contributed by atoms with Gasteiger partial charge in [0.15, 0.2) is 0 Å². The molecule has 0 aromatic heterocycles. The number of amides is 3. The number of likely N-dealkylation sites (N-methyl/N-ethyl adjacent to an activating group) is 1. The molecule has 3 amide bonds. The van der Waals surface area contributed by atoms with Crippen LogP contribution in [0.3, 0.4) is 0 Å². The van der Waals surface area contributed by atoms with Gasteiger partial charge in [0.05, 0.1) is 13.2 Å². The minimum atomic E-state index is -0.582. The van der Waals surface area contributed by atoms with Crippen LogP contribution in [-0.2, 0) is 40.5 Å². The summed E-state index contributed by atoms with van der Waals surface area (Å²) in [6.45, 7) is 3.15. The molecule has 3 atom stereocenters.